The molecule has 90 valence electrons. The van der Waals surface area contributed by atoms with Gasteiger partial charge in [-0.05, 0) is 25.2 Å². The van der Waals surface area contributed by atoms with E-state index in [1.54, 1.807) is 0 Å². The van der Waals surface area contributed by atoms with E-state index >= 15 is 0 Å². The van der Waals surface area contributed by atoms with Gasteiger partial charge in [0.25, 0.3) is 0 Å². The Hall–Kier alpha value is -1.06. The van der Waals surface area contributed by atoms with Crippen molar-refractivity contribution in [1.29, 1.82) is 0 Å². The van der Waals surface area contributed by atoms with Crippen LogP contribution in [0.1, 0.15) is 45.4 Å². The molecule has 2 fully saturated rings. The second kappa shape index (κ2) is 4.85. The molecule has 0 spiro atoms. The van der Waals surface area contributed by atoms with Crippen LogP contribution in [-0.4, -0.2) is 23.9 Å². The van der Waals surface area contributed by atoms with Crippen molar-refractivity contribution < 1.29 is 9.59 Å². The van der Waals surface area contributed by atoms with Gasteiger partial charge in [-0.3, -0.25) is 9.59 Å². The van der Waals surface area contributed by atoms with E-state index < -0.39 is 0 Å². The van der Waals surface area contributed by atoms with E-state index in [-0.39, 0.29) is 23.9 Å². The number of nitrogens with one attached hydrogen (secondary N) is 2. The molecular formula is C12H20N2O2. The van der Waals surface area contributed by atoms with Crippen molar-refractivity contribution in [1.82, 2.24) is 10.6 Å². The first kappa shape index (κ1) is 11.4. The first-order valence-electron chi connectivity index (χ1n) is 6.33. The Kier molecular flexibility index (Phi) is 3.46. The molecule has 0 aromatic carbocycles. The summed E-state index contributed by atoms with van der Waals surface area (Å²) in [5.74, 6) is 0.339. The van der Waals surface area contributed by atoms with Crippen molar-refractivity contribution in [2.75, 3.05) is 0 Å². The maximum absolute atomic E-state index is 11.9. The Morgan fingerprint density at radius 2 is 1.75 bits per heavy atom. The summed E-state index contributed by atoms with van der Waals surface area (Å²) in [7, 11) is 0. The smallest absolute Gasteiger partial charge is 0.243 e. The van der Waals surface area contributed by atoms with Gasteiger partial charge >= 0.3 is 0 Å². The summed E-state index contributed by atoms with van der Waals surface area (Å²) in [5, 5.41) is 5.70. The summed E-state index contributed by atoms with van der Waals surface area (Å²) in [4.78, 5) is 23.6. The standard InChI is InChI=1S/C12H20N2O2/c1-2-9-11(15)14-10(12(16)13-9)8-6-4-3-5-7-8/h8-10H,2-7H2,1H3,(H,13,16)(H,14,15). The molecule has 2 atom stereocenters. The molecule has 1 heterocycles. The van der Waals surface area contributed by atoms with Crippen molar-refractivity contribution in [3.63, 3.8) is 0 Å². The van der Waals surface area contributed by atoms with Gasteiger partial charge in [0.05, 0.1) is 0 Å². The molecule has 2 unspecified atom stereocenters. The van der Waals surface area contributed by atoms with Gasteiger partial charge in [-0.2, -0.15) is 0 Å². The molecule has 0 radical (unpaired) electrons. The quantitative estimate of drug-likeness (QED) is 0.734. The number of piperazine rings is 1. The van der Waals surface area contributed by atoms with Gasteiger partial charge in [-0.1, -0.05) is 26.2 Å². The van der Waals surface area contributed by atoms with Crippen molar-refractivity contribution in [2.24, 2.45) is 5.92 Å². The molecule has 1 aliphatic heterocycles. The molecule has 4 heteroatoms. The molecule has 16 heavy (non-hydrogen) atoms. The van der Waals surface area contributed by atoms with E-state index in [1.807, 2.05) is 6.92 Å². The Morgan fingerprint density at radius 1 is 1.06 bits per heavy atom. The van der Waals surface area contributed by atoms with Gasteiger partial charge in [-0.25, -0.2) is 0 Å². The van der Waals surface area contributed by atoms with Crippen LogP contribution in [0.4, 0.5) is 0 Å². The lowest BCUT2D eigenvalue weighted by molar-refractivity contribution is -0.138. The molecule has 2 rings (SSSR count). The summed E-state index contributed by atoms with van der Waals surface area (Å²) in [6.07, 6.45) is 6.42. The largest absolute Gasteiger partial charge is 0.343 e. The van der Waals surface area contributed by atoms with Crippen LogP contribution in [0.25, 0.3) is 0 Å². The van der Waals surface area contributed by atoms with E-state index in [9.17, 15) is 9.59 Å². The zero-order chi connectivity index (χ0) is 11.5. The average Bonchev–Trinajstić information content (AvgIpc) is 2.32. The predicted molar refractivity (Wildman–Crippen MR) is 60.7 cm³/mol. The Bertz CT molecular complexity index is 285. The second-order valence-corrected chi connectivity index (χ2v) is 4.85. The van der Waals surface area contributed by atoms with E-state index in [2.05, 4.69) is 10.6 Å². The Labute approximate surface area is 96.2 Å². The summed E-state index contributed by atoms with van der Waals surface area (Å²) >= 11 is 0. The van der Waals surface area contributed by atoms with Crippen LogP contribution in [0.2, 0.25) is 0 Å². The zero-order valence-corrected chi connectivity index (χ0v) is 9.79. The molecule has 4 nitrogen and oxygen atoms in total. The van der Waals surface area contributed by atoms with Gasteiger partial charge in [0, 0.05) is 0 Å². The number of hydrogen-bond donors (Lipinski definition) is 2. The highest BCUT2D eigenvalue weighted by atomic mass is 16.2. The third-order valence-corrected chi connectivity index (χ3v) is 3.74. The number of hydrogen-bond acceptors (Lipinski definition) is 2. The first-order chi connectivity index (χ1) is 7.72. The minimum atomic E-state index is -0.327. The van der Waals surface area contributed by atoms with Crippen LogP contribution >= 0.6 is 0 Å². The molecule has 0 aromatic rings. The van der Waals surface area contributed by atoms with E-state index in [0.29, 0.717) is 12.3 Å². The molecule has 2 N–H and O–H groups in total. The first-order valence-corrected chi connectivity index (χ1v) is 6.33. The van der Waals surface area contributed by atoms with E-state index in [0.717, 1.165) is 12.8 Å². The fourth-order valence-corrected chi connectivity index (χ4v) is 2.73. The second-order valence-electron chi connectivity index (χ2n) is 4.85. The van der Waals surface area contributed by atoms with E-state index in [1.165, 1.54) is 19.3 Å². The Morgan fingerprint density at radius 3 is 2.38 bits per heavy atom. The Balaban J connectivity index is 2.00. The molecule has 0 aromatic heterocycles. The van der Waals surface area contributed by atoms with Crippen molar-refractivity contribution in [2.45, 2.75) is 57.5 Å². The maximum Gasteiger partial charge on any atom is 0.243 e. The van der Waals surface area contributed by atoms with Gasteiger partial charge in [0.1, 0.15) is 12.1 Å². The van der Waals surface area contributed by atoms with Crippen LogP contribution < -0.4 is 10.6 Å². The molecule has 2 aliphatic rings. The molecule has 1 saturated heterocycles. The zero-order valence-electron chi connectivity index (χ0n) is 9.79. The molecule has 1 saturated carbocycles. The van der Waals surface area contributed by atoms with Crippen LogP contribution in [0, 0.1) is 5.92 Å². The maximum atomic E-state index is 11.9. The number of carbonyl (C=O) groups excluding carboxylic acids is 2. The van der Waals surface area contributed by atoms with Crippen molar-refractivity contribution in [3.05, 3.63) is 0 Å². The number of carbonyl (C=O) groups is 2. The summed E-state index contributed by atoms with van der Waals surface area (Å²) < 4.78 is 0. The lowest BCUT2D eigenvalue weighted by Gasteiger charge is -2.35. The fourth-order valence-electron chi connectivity index (χ4n) is 2.73. The third kappa shape index (κ3) is 2.20. The van der Waals surface area contributed by atoms with Gasteiger partial charge < -0.3 is 10.6 Å². The number of rotatable bonds is 2. The minimum Gasteiger partial charge on any atom is -0.343 e. The molecular weight excluding hydrogens is 204 g/mol. The fraction of sp³-hybridized carbons (Fsp3) is 0.833. The third-order valence-electron chi connectivity index (χ3n) is 3.74. The lowest BCUT2D eigenvalue weighted by Crippen LogP contribution is -2.63. The highest BCUT2D eigenvalue weighted by Gasteiger charge is 2.37. The summed E-state index contributed by atoms with van der Waals surface area (Å²) in [5.41, 5.74) is 0. The van der Waals surface area contributed by atoms with Crippen LogP contribution in [-0.2, 0) is 9.59 Å². The van der Waals surface area contributed by atoms with Gasteiger partial charge in [0.15, 0.2) is 0 Å². The van der Waals surface area contributed by atoms with Crippen molar-refractivity contribution in [3.8, 4) is 0 Å². The average molecular weight is 224 g/mol. The normalized spacial score (nSPS) is 32.1. The SMILES string of the molecule is CCC1NC(=O)C(C2CCCCC2)NC1=O. The van der Waals surface area contributed by atoms with Crippen LogP contribution in [0.3, 0.4) is 0 Å². The topological polar surface area (TPSA) is 58.2 Å². The van der Waals surface area contributed by atoms with E-state index in [4.69, 9.17) is 0 Å². The summed E-state index contributed by atoms with van der Waals surface area (Å²) in [6, 6.07) is -0.608. The highest BCUT2D eigenvalue weighted by Crippen LogP contribution is 2.27. The predicted octanol–water partition coefficient (Wildman–Crippen LogP) is 0.960. The van der Waals surface area contributed by atoms with Gasteiger partial charge in [-0.15, -0.1) is 0 Å². The summed E-state index contributed by atoms with van der Waals surface area (Å²) in [6.45, 7) is 1.91. The molecule has 2 amide bonds. The lowest BCUT2D eigenvalue weighted by atomic mass is 9.82. The van der Waals surface area contributed by atoms with Crippen LogP contribution in [0.15, 0.2) is 0 Å². The monoisotopic (exact) mass is 224 g/mol. The minimum absolute atomic E-state index is 0.0124. The molecule has 1 aliphatic carbocycles. The van der Waals surface area contributed by atoms with Crippen LogP contribution in [0.5, 0.6) is 0 Å². The van der Waals surface area contributed by atoms with Crippen molar-refractivity contribution >= 4 is 11.8 Å². The molecule has 0 bridgehead atoms. The number of amides is 2. The highest BCUT2D eigenvalue weighted by molar-refractivity contribution is 5.97. The van der Waals surface area contributed by atoms with Gasteiger partial charge in [0.2, 0.25) is 11.8 Å².